The molecule has 1 fully saturated rings. The van der Waals surface area contributed by atoms with Gasteiger partial charge in [0.2, 0.25) is 0 Å². The van der Waals surface area contributed by atoms with Crippen molar-refractivity contribution in [2.24, 2.45) is 7.05 Å². The average Bonchev–Trinajstić information content (AvgIpc) is 3.14. The molecule has 3 aromatic rings. The van der Waals surface area contributed by atoms with E-state index < -0.39 is 0 Å². The minimum Gasteiger partial charge on any atom is -0.378 e. The molecular weight excluding hydrogens is 390 g/mol. The predicted molar refractivity (Wildman–Crippen MR) is 112 cm³/mol. The molecule has 0 radical (unpaired) electrons. The van der Waals surface area contributed by atoms with Crippen molar-refractivity contribution < 1.29 is 9.53 Å². The van der Waals surface area contributed by atoms with Gasteiger partial charge in [0.15, 0.2) is 0 Å². The Bertz CT molecular complexity index is 1000. The molecule has 150 valence electrons. The molecule has 8 heteroatoms. The smallest absolute Gasteiger partial charge is 0.255 e. The second-order valence-corrected chi connectivity index (χ2v) is 7.26. The van der Waals surface area contributed by atoms with E-state index in [-0.39, 0.29) is 5.91 Å². The van der Waals surface area contributed by atoms with Crippen molar-refractivity contribution >= 4 is 23.3 Å². The number of pyridine rings is 1. The van der Waals surface area contributed by atoms with Crippen LogP contribution in [0.5, 0.6) is 0 Å². The van der Waals surface area contributed by atoms with E-state index in [1.165, 1.54) is 0 Å². The Hall–Kier alpha value is -2.90. The predicted octanol–water partition coefficient (Wildman–Crippen LogP) is 3.22. The van der Waals surface area contributed by atoms with Crippen LogP contribution in [0.2, 0.25) is 5.02 Å². The van der Waals surface area contributed by atoms with E-state index in [1.54, 1.807) is 21.8 Å². The molecule has 0 unspecified atom stereocenters. The minimum absolute atomic E-state index is 0.0760. The number of morpholine rings is 1. The number of nitrogens with zero attached hydrogens (tertiary/aromatic N) is 4. The van der Waals surface area contributed by atoms with Gasteiger partial charge in [0.05, 0.1) is 29.5 Å². The lowest BCUT2D eigenvalue weighted by molar-refractivity contribution is 0.0302. The van der Waals surface area contributed by atoms with Crippen molar-refractivity contribution in [2.75, 3.05) is 31.6 Å². The summed E-state index contributed by atoms with van der Waals surface area (Å²) in [5.41, 5.74) is 3.48. The molecule has 4 rings (SSSR count). The summed E-state index contributed by atoms with van der Waals surface area (Å²) in [5, 5.41) is 8.24. The van der Waals surface area contributed by atoms with Crippen LogP contribution in [-0.2, 0) is 18.3 Å². The van der Waals surface area contributed by atoms with Crippen LogP contribution < -0.4 is 5.32 Å². The van der Waals surface area contributed by atoms with Crippen molar-refractivity contribution in [1.29, 1.82) is 0 Å². The number of aryl methyl sites for hydroxylation is 1. The highest BCUT2D eigenvalue weighted by Gasteiger charge is 2.20. The van der Waals surface area contributed by atoms with Gasteiger partial charge in [-0.25, -0.2) is 4.98 Å². The van der Waals surface area contributed by atoms with E-state index in [9.17, 15) is 4.79 Å². The van der Waals surface area contributed by atoms with E-state index in [0.29, 0.717) is 49.3 Å². The van der Waals surface area contributed by atoms with Crippen LogP contribution in [0.1, 0.15) is 15.9 Å². The van der Waals surface area contributed by atoms with Gasteiger partial charge >= 0.3 is 0 Å². The first-order valence-corrected chi connectivity index (χ1v) is 9.84. The lowest BCUT2D eigenvalue weighted by atomic mass is 10.1. The van der Waals surface area contributed by atoms with Crippen LogP contribution in [0.25, 0.3) is 11.3 Å². The second-order valence-electron chi connectivity index (χ2n) is 6.86. The minimum atomic E-state index is -0.0760. The molecule has 0 atom stereocenters. The number of anilines is 1. The molecule has 1 amide bonds. The summed E-state index contributed by atoms with van der Waals surface area (Å²) in [5.74, 6) is 0.459. The van der Waals surface area contributed by atoms with Gasteiger partial charge in [-0.15, -0.1) is 0 Å². The van der Waals surface area contributed by atoms with Gasteiger partial charge in [-0.1, -0.05) is 41.9 Å². The molecule has 0 spiro atoms. The maximum Gasteiger partial charge on any atom is 0.255 e. The maximum atomic E-state index is 12.6. The van der Waals surface area contributed by atoms with Crippen LogP contribution in [0.4, 0.5) is 5.82 Å². The zero-order valence-electron chi connectivity index (χ0n) is 16.1. The number of nitrogens with one attached hydrogen (secondary N) is 1. The number of amides is 1. The first kappa shape index (κ1) is 19.4. The van der Waals surface area contributed by atoms with Gasteiger partial charge in [0, 0.05) is 50.2 Å². The monoisotopic (exact) mass is 411 g/mol. The average molecular weight is 412 g/mol. The molecule has 7 nitrogen and oxygen atoms in total. The van der Waals surface area contributed by atoms with Crippen LogP contribution in [0, 0.1) is 0 Å². The normalized spacial score (nSPS) is 14.1. The number of benzene rings is 1. The van der Waals surface area contributed by atoms with Gasteiger partial charge < -0.3 is 15.0 Å². The Morgan fingerprint density at radius 1 is 1.24 bits per heavy atom. The molecular formula is C21H22ClN5O2. The zero-order valence-corrected chi connectivity index (χ0v) is 16.9. The molecule has 29 heavy (non-hydrogen) atoms. The van der Waals surface area contributed by atoms with E-state index in [4.69, 9.17) is 16.3 Å². The fraction of sp³-hybridized carbons (Fsp3) is 0.286. The molecule has 1 aliphatic rings. The zero-order chi connectivity index (χ0) is 20.2. The van der Waals surface area contributed by atoms with Crippen LogP contribution >= 0.6 is 11.6 Å². The molecule has 0 bridgehead atoms. The van der Waals surface area contributed by atoms with Gasteiger partial charge in [0.25, 0.3) is 5.91 Å². The summed E-state index contributed by atoms with van der Waals surface area (Å²) in [7, 11) is 1.90. The summed E-state index contributed by atoms with van der Waals surface area (Å²) >= 11 is 6.40. The molecule has 0 saturated carbocycles. The fourth-order valence-electron chi connectivity index (χ4n) is 3.32. The van der Waals surface area contributed by atoms with Gasteiger partial charge in [-0.3, -0.25) is 9.48 Å². The number of aromatic nitrogens is 3. The maximum absolute atomic E-state index is 12.6. The lowest BCUT2D eigenvalue weighted by Gasteiger charge is -2.26. The Balaban J connectivity index is 1.48. The van der Waals surface area contributed by atoms with Gasteiger partial charge in [-0.05, 0) is 6.07 Å². The number of carbonyl (C=O) groups is 1. The standard InChI is InChI=1S/C21H22ClN5O2/c1-26-14-17(19(25-26)15-5-3-2-4-6-15)13-24-20-18(22)11-16(12-23-20)21(28)27-7-9-29-10-8-27/h2-6,11-12,14H,7-10,13H2,1H3,(H,23,24). The first-order chi connectivity index (χ1) is 14.1. The van der Waals surface area contributed by atoms with E-state index >= 15 is 0 Å². The van der Waals surface area contributed by atoms with E-state index in [2.05, 4.69) is 15.4 Å². The molecule has 2 aromatic heterocycles. The number of carbonyl (C=O) groups excluding carboxylic acids is 1. The largest absolute Gasteiger partial charge is 0.378 e. The highest BCUT2D eigenvalue weighted by molar-refractivity contribution is 6.33. The van der Waals surface area contributed by atoms with Crippen molar-refractivity contribution in [3.8, 4) is 11.3 Å². The topological polar surface area (TPSA) is 72.3 Å². The summed E-state index contributed by atoms with van der Waals surface area (Å²) in [4.78, 5) is 18.7. The summed E-state index contributed by atoms with van der Waals surface area (Å²) < 4.78 is 7.08. The first-order valence-electron chi connectivity index (χ1n) is 9.46. The number of hydrogen-bond acceptors (Lipinski definition) is 5. The van der Waals surface area contributed by atoms with Crippen molar-refractivity contribution in [2.45, 2.75) is 6.54 Å². The van der Waals surface area contributed by atoms with Crippen molar-refractivity contribution in [3.05, 3.63) is 64.9 Å². The van der Waals surface area contributed by atoms with Gasteiger partial charge in [0.1, 0.15) is 5.82 Å². The third-order valence-electron chi connectivity index (χ3n) is 4.78. The molecule has 3 heterocycles. The van der Waals surface area contributed by atoms with Gasteiger partial charge in [-0.2, -0.15) is 5.10 Å². The van der Waals surface area contributed by atoms with Crippen LogP contribution in [-0.4, -0.2) is 51.9 Å². The highest BCUT2D eigenvalue weighted by Crippen LogP contribution is 2.25. The third kappa shape index (κ3) is 4.41. The Kier molecular flexibility index (Phi) is 5.78. The summed E-state index contributed by atoms with van der Waals surface area (Å²) in [6.07, 6.45) is 3.53. The molecule has 0 aliphatic carbocycles. The van der Waals surface area contributed by atoms with Crippen molar-refractivity contribution in [1.82, 2.24) is 19.7 Å². The number of hydrogen-bond donors (Lipinski definition) is 1. The molecule has 1 aliphatic heterocycles. The molecule has 1 aromatic carbocycles. The molecule has 1 saturated heterocycles. The van der Waals surface area contributed by atoms with Crippen LogP contribution in [0.3, 0.4) is 0 Å². The van der Waals surface area contributed by atoms with E-state index in [0.717, 1.165) is 16.8 Å². The third-order valence-corrected chi connectivity index (χ3v) is 5.07. The quantitative estimate of drug-likeness (QED) is 0.697. The van der Waals surface area contributed by atoms with Crippen LogP contribution in [0.15, 0.2) is 48.8 Å². The number of ether oxygens (including phenoxy) is 1. The summed E-state index contributed by atoms with van der Waals surface area (Å²) in [6.45, 7) is 2.80. The van der Waals surface area contributed by atoms with Crippen molar-refractivity contribution in [3.63, 3.8) is 0 Å². The second kappa shape index (κ2) is 8.63. The SMILES string of the molecule is Cn1cc(CNc2ncc(C(=O)N3CCOCC3)cc2Cl)c(-c2ccccc2)n1. The Morgan fingerprint density at radius 2 is 2.00 bits per heavy atom. The van der Waals surface area contributed by atoms with E-state index in [1.807, 2.05) is 43.6 Å². The number of rotatable bonds is 5. The lowest BCUT2D eigenvalue weighted by Crippen LogP contribution is -2.40. The highest BCUT2D eigenvalue weighted by atomic mass is 35.5. The Labute approximate surface area is 174 Å². The number of halogens is 1. The Morgan fingerprint density at radius 3 is 2.72 bits per heavy atom. The fourth-order valence-corrected chi connectivity index (χ4v) is 3.55. The summed E-state index contributed by atoms with van der Waals surface area (Å²) in [6, 6.07) is 11.7. The molecule has 1 N–H and O–H groups in total.